The fraction of sp³-hybridized carbons (Fsp3) is 0.800. The van der Waals surface area contributed by atoms with Gasteiger partial charge in [0.15, 0.2) is 0 Å². The van der Waals surface area contributed by atoms with E-state index in [9.17, 15) is 9.59 Å². The topological polar surface area (TPSA) is 86.9 Å². The van der Waals surface area contributed by atoms with Crippen LogP contribution >= 0.6 is 0 Å². The zero-order valence-electron chi connectivity index (χ0n) is 9.56. The van der Waals surface area contributed by atoms with Gasteiger partial charge in [-0.15, -0.1) is 0 Å². The third-order valence-corrected chi connectivity index (χ3v) is 2.84. The number of piperazine rings is 1. The number of nitrogens with two attached hydrogens (primary N) is 1. The quantitative estimate of drug-likeness (QED) is 0.642. The van der Waals surface area contributed by atoms with Gasteiger partial charge < -0.3 is 20.6 Å². The van der Waals surface area contributed by atoms with Gasteiger partial charge in [0, 0.05) is 32.6 Å². The van der Waals surface area contributed by atoms with Gasteiger partial charge in [-0.05, 0) is 13.5 Å². The third kappa shape index (κ3) is 3.79. The summed E-state index contributed by atoms with van der Waals surface area (Å²) in [4.78, 5) is 26.1. The number of carbonyl (C=O) groups excluding carboxylic acids is 1. The second-order valence-corrected chi connectivity index (χ2v) is 4.17. The van der Waals surface area contributed by atoms with Crippen molar-refractivity contribution in [3.8, 4) is 0 Å². The molecule has 16 heavy (non-hydrogen) atoms. The fourth-order valence-corrected chi connectivity index (χ4v) is 1.62. The fourth-order valence-electron chi connectivity index (χ4n) is 1.62. The molecule has 0 bridgehead atoms. The Morgan fingerprint density at radius 3 is 2.38 bits per heavy atom. The Morgan fingerprint density at radius 2 is 1.88 bits per heavy atom. The summed E-state index contributed by atoms with van der Waals surface area (Å²) in [5.74, 6) is -1.05. The lowest BCUT2D eigenvalue weighted by molar-refractivity contribution is -0.139. The predicted octanol–water partition coefficient (Wildman–Crippen LogP) is -1.05. The van der Waals surface area contributed by atoms with E-state index in [0.29, 0.717) is 0 Å². The Hall–Kier alpha value is -1.14. The van der Waals surface area contributed by atoms with Gasteiger partial charge in [0.1, 0.15) is 6.04 Å². The molecule has 1 heterocycles. The summed E-state index contributed by atoms with van der Waals surface area (Å²) in [7, 11) is 2.02. The van der Waals surface area contributed by atoms with Crippen molar-refractivity contribution in [3.05, 3.63) is 0 Å². The highest BCUT2D eigenvalue weighted by Gasteiger charge is 2.20. The van der Waals surface area contributed by atoms with Gasteiger partial charge in [0.25, 0.3) is 0 Å². The molecule has 0 aromatic carbocycles. The average Bonchev–Trinajstić information content (AvgIpc) is 2.26. The summed E-state index contributed by atoms with van der Waals surface area (Å²) in [6.07, 6.45) is 0.428. The highest BCUT2D eigenvalue weighted by atomic mass is 16.4. The minimum Gasteiger partial charge on any atom is -0.480 e. The molecule has 0 aromatic heterocycles. The lowest BCUT2D eigenvalue weighted by Crippen LogP contribution is -2.47. The second kappa shape index (κ2) is 5.81. The van der Waals surface area contributed by atoms with E-state index in [1.54, 1.807) is 4.90 Å². The molecule has 1 unspecified atom stereocenters. The summed E-state index contributed by atoms with van der Waals surface area (Å²) in [5, 5.41) is 8.58. The van der Waals surface area contributed by atoms with E-state index in [4.69, 9.17) is 10.8 Å². The van der Waals surface area contributed by atoms with Crippen LogP contribution < -0.4 is 5.73 Å². The van der Waals surface area contributed by atoms with Crippen LogP contribution in [-0.4, -0.2) is 66.1 Å². The van der Waals surface area contributed by atoms with E-state index in [-0.39, 0.29) is 18.7 Å². The Balaban J connectivity index is 2.27. The molecule has 0 spiro atoms. The number of amides is 1. The predicted molar refractivity (Wildman–Crippen MR) is 58.9 cm³/mol. The number of likely N-dealkylation sites (N-methyl/N-ethyl adjacent to an activating group) is 1. The van der Waals surface area contributed by atoms with Crippen LogP contribution in [0.3, 0.4) is 0 Å². The molecule has 0 radical (unpaired) electrons. The Labute approximate surface area is 95.0 Å². The summed E-state index contributed by atoms with van der Waals surface area (Å²) < 4.78 is 0. The Kier molecular flexibility index (Phi) is 4.70. The number of carboxylic acid groups (broad SMARTS) is 1. The SMILES string of the molecule is CN1CCN(C(=O)CCC(N)C(=O)O)CC1. The van der Waals surface area contributed by atoms with Gasteiger partial charge in [0.05, 0.1) is 0 Å². The van der Waals surface area contributed by atoms with Crippen LogP contribution in [-0.2, 0) is 9.59 Å². The monoisotopic (exact) mass is 229 g/mol. The zero-order valence-corrected chi connectivity index (χ0v) is 9.56. The first-order chi connectivity index (χ1) is 7.50. The molecule has 1 rings (SSSR count). The van der Waals surface area contributed by atoms with Gasteiger partial charge in [-0.3, -0.25) is 9.59 Å². The number of rotatable bonds is 4. The normalized spacial score (nSPS) is 19.5. The van der Waals surface area contributed by atoms with Crippen LogP contribution in [0.1, 0.15) is 12.8 Å². The molecule has 1 amide bonds. The van der Waals surface area contributed by atoms with Crippen molar-refractivity contribution in [1.29, 1.82) is 0 Å². The molecule has 0 aromatic rings. The first-order valence-electron chi connectivity index (χ1n) is 5.45. The highest BCUT2D eigenvalue weighted by Crippen LogP contribution is 2.04. The largest absolute Gasteiger partial charge is 0.480 e. The summed E-state index contributed by atoms with van der Waals surface area (Å²) in [5.41, 5.74) is 5.34. The van der Waals surface area contributed by atoms with E-state index in [1.807, 2.05) is 7.05 Å². The standard InChI is InChI=1S/C10H19N3O3/c1-12-4-6-13(7-5-12)9(14)3-2-8(11)10(15)16/h8H,2-7,11H2,1H3,(H,15,16). The molecule has 1 atom stereocenters. The van der Waals surface area contributed by atoms with Crippen LogP contribution in [0.2, 0.25) is 0 Å². The Morgan fingerprint density at radius 1 is 1.31 bits per heavy atom. The second-order valence-electron chi connectivity index (χ2n) is 4.17. The molecule has 1 fully saturated rings. The molecule has 6 heteroatoms. The van der Waals surface area contributed by atoms with E-state index < -0.39 is 12.0 Å². The maximum Gasteiger partial charge on any atom is 0.320 e. The first kappa shape index (κ1) is 12.9. The Bertz CT molecular complexity index is 262. The van der Waals surface area contributed by atoms with Gasteiger partial charge in [0.2, 0.25) is 5.91 Å². The summed E-state index contributed by atoms with van der Waals surface area (Å²) in [6.45, 7) is 3.18. The molecule has 0 saturated carbocycles. The van der Waals surface area contributed by atoms with Gasteiger partial charge >= 0.3 is 5.97 Å². The molecule has 6 nitrogen and oxygen atoms in total. The van der Waals surface area contributed by atoms with E-state index in [0.717, 1.165) is 26.2 Å². The van der Waals surface area contributed by atoms with Crippen molar-refractivity contribution >= 4 is 11.9 Å². The van der Waals surface area contributed by atoms with Crippen molar-refractivity contribution in [2.24, 2.45) is 5.73 Å². The van der Waals surface area contributed by atoms with Crippen molar-refractivity contribution in [1.82, 2.24) is 9.80 Å². The molecule has 0 aliphatic carbocycles. The van der Waals surface area contributed by atoms with Crippen molar-refractivity contribution in [2.75, 3.05) is 33.2 Å². The van der Waals surface area contributed by atoms with Gasteiger partial charge in [-0.1, -0.05) is 0 Å². The summed E-state index contributed by atoms with van der Waals surface area (Å²) >= 11 is 0. The van der Waals surface area contributed by atoms with Gasteiger partial charge in [-0.2, -0.15) is 0 Å². The minimum atomic E-state index is -1.05. The minimum absolute atomic E-state index is 0.00444. The van der Waals surface area contributed by atoms with Crippen molar-refractivity contribution in [2.45, 2.75) is 18.9 Å². The zero-order chi connectivity index (χ0) is 12.1. The number of carbonyl (C=O) groups is 2. The van der Waals surface area contributed by atoms with Crippen LogP contribution in [0.15, 0.2) is 0 Å². The molecule has 3 N–H and O–H groups in total. The first-order valence-corrected chi connectivity index (χ1v) is 5.45. The van der Waals surface area contributed by atoms with Crippen LogP contribution in [0.4, 0.5) is 0 Å². The molecule has 92 valence electrons. The number of nitrogens with zero attached hydrogens (tertiary/aromatic N) is 2. The highest BCUT2D eigenvalue weighted by molar-refractivity contribution is 5.78. The van der Waals surface area contributed by atoms with Crippen LogP contribution in [0.5, 0.6) is 0 Å². The molecule has 1 aliphatic heterocycles. The van der Waals surface area contributed by atoms with Crippen LogP contribution in [0, 0.1) is 0 Å². The number of hydrogen-bond acceptors (Lipinski definition) is 4. The van der Waals surface area contributed by atoms with E-state index in [2.05, 4.69) is 4.90 Å². The number of aliphatic carboxylic acids is 1. The molecule has 1 saturated heterocycles. The molecule has 1 aliphatic rings. The maximum absolute atomic E-state index is 11.7. The van der Waals surface area contributed by atoms with Crippen molar-refractivity contribution < 1.29 is 14.7 Å². The van der Waals surface area contributed by atoms with Crippen molar-refractivity contribution in [3.63, 3.8) is 0 Å². The van der Waals surface area contributed by atoms with Gasteiger partial charge in [-0.25, -0.2) is 0 Å². The third-order valence-electron chi connectivity index (χ3n) is 2.84. The molecular weight excluding hydrogens is 210 g/mol. The number of hydrogen-bond donors (Lipinski definition) is 2. The lowest BCUT2D eigenvalue weighted by Gasteiger charge is -2.32. The van der Waals surface area contributed by atoms with Crippen LogP contribution in [0.25, 0.3) is 0 Å². The number of carboxylic acids is 1. The smallest absolute Gasteiger partial charge is 0.320 e. The average molecular weight is 229 g/mol. The lowest BCUT2D eigenvalue weighted by atomic mass is 10.1. The van der Waals surface area contributed by atoms with E-state index >= 15 is 0 Å². The maximum atomic E-state index is 11.7. The van der Waals surface area contributed by atoms with E-state index in [1.165, 1.54) is 0 Å². The molecular formula is C10H19N3O3. The summed E-state index contributed by atoms with van der Waals surface area (Å²) in [6, 6.07) is -0.934.